The van der Waals surface area contributed by atoms with Crippen molar-refractivity contribution in [1.82, 2.24) is 5.43 Å². The van der Waals surface area contributed by atoms with Crippen molar-refractivity contribution in [2.45, 2.75) is 12.8 Å². The van der Waals surface area contributed by atoms with Crippen LogP contribution in [0.15, 0.2) is 35.4 Å². The molecule has 0 radical (unpaired) electrons. The molecule has 2 rings (SSSR count). The highest BCUT2D eigenvalue weighted by atomic mass is 35.5. The van der Waals surface area contributed by atoms with E-state index in [0.717, 1.165) is 0 Å². The number of benzene rings is 2. The SMILES string of the molecule is COc1cc(C=NNC(=O)CCCOc2ccc(Cl)cc2Cl)cc(Cl)c1O. The van der Waals surface area contributed by atoms with E-state index >= 15 is 0 Å². The number of aromatic hydroxyl groups is 1. The molecule has 0 spiro atoms. The van der Waals surface area contributed by atoms with E-state index in [1.807, 2.05) is 0 Å². The number of phenolic OH excluding ortho intramolecular Hbond substituents is 1. The van der Waals surface area contributed by atoms with Crippen LogP contribution >= 0.6 is 34.8 Å². The third-order valence-electron chi connectivity index (χ3n) is 3.37. The first kappa shape index (κ1) is 21.2. The molecule has 0 fully saturated rings. The third-order valence-corrected chi connectivity index (χ3v) is 4.19. The van der Waals surface area contributed by atoms with Gasteiger partial charge in [0.1, 0.15) is 5.75 Å². The first-order valence-electron chi connectivity index (χ1n) is 7.87. The van der Waals surface area contributed by atoms with Crippen LogP contribution in [0.1, 0.15) is 18.4 Å². The number of hydrogen-bond donors (Lipinski definition) is 2. The zero-order valence-corrected chi connectivity index (χ0v) is 16.6. The molecule has 2 N–H and O–H groups in total. The number of carbonyl (C=O) groups excluding carboxylic acids is 1. The molecule has 0 bridgehead atoms. The average Bonchev–Trinajstić information content (AvgIpc) is 2.63. The van der Waals surface area contributed by atoms with E-state index in [2.05, 4.69) is 10.5 Å². The van der Waals surface area contributed by atoms with Crippen LogP contribution < -0.4 is 14.9 Å². The lowest BCUT2D eigenvalue weighted by Gasteiger charge is -2.08. The van der Waals surface area contributed by atoms with Crippen LogP contribution in [0.5, 0.6) is 17.2 Å². The predicted octanol–water partition coefficient (Wildman–Crippen LogP) is 4.67. The number of amides is 1. The second-order valence-electron chi connectivity index (χ2n) is 5.37. The second-order valence-corrected chi connectivity index (χ2v) is 6.62. The molecule has 0 unspecified atom stereocenters. The zero-order chi connectivity index (χ0) is 19.8. The van der Waals surface area contributed by atoms with Crippen molar-refractivity contribution in [1.29, 1.82) is 0 Å². The van der Waals surface area contributed by atoms with E-state index in [1.165, 1.54) is 19.4 Å². The lowest BCUT2D eigenvalue weighted by atomic mass is 10.2. The molecule has 2 aromatic carbocycles. The van der Waals surface area contributed by atoms with Crippen LogP contribution in [0, 0.1) is 0 Å². The maximum Gasteiger partial charge on any atom is 0.240 e. The maximum absolute atomic E-state index is 11.8. The number of carbonyl (C=O) groups is 1. The lowest BCUT2D eigenvalue weighted by molar-refractivity contribution is -0.121. The number of nitrogens with one attached hydrogen (secondary N) is 1. The fourth-order valence-corrected chi connectivity index (χ4v) is 2.75. The second kappa shape index (κ2) is 10.3. The first-order valence-corrected chi connectivity index (χ1v) is 9.00. The Kier molecular flexibility index (Phi) is 8.03. The molecule has 0 atom stereocenters. The maximum atomic E-state index is 11.8. The van der Waals surface area contributed by atoms with Gasteiger partial charge in [-0.3, -0.25) is 4.79 Å². The number of hydrazone groups is 1. The topological polar surface area (TPSA) is 80.2 Å². The summed E-state index contributed by atoms with van der Waals surface area (Å²) in [6, 6.07) is 7.98. The van der Waals surface area contributed by atoms with E-state index in [1.54, 1.807) is 24.3 Å². The van der Waals surface area contributed by atoms with Crippen molar-refractivity contribution in [3.63, 3.8) is 0 Å². The van der Waals surface area contributed by atoms with Gasteiger partial charge in [0.25, 0.3) is 0 Å². The van der Waals surface area contributed by atoms with Crippen LogP contribution in [0.2, 0.25) is 15.1 Å². The van der Waals surface area contributed by atoms with Gasteiger partial charge in [-0.15, -0.1) is 0 Å². The summed E-state index contributed by atoms with van der Waals surface area (Å²) in [5.41, 5.74) is 2.97. The summed E-state index contributed by atoms with van der Waals surface area (Å²) in [6.07, 6.45) is 2.11. The van der Waals surface area contributed by atoms with Crippen molar-refractivity contribution < 1.29 is 19.4 Å². The third kappa shape index (κ3) is 6.50. The Hall–Kier alpha value is -2.15. The van der Waals surface area contributed by atoms with Crippen LogP contribution in [0.3, 0.4) is 0 Å². The minimum atomic E-state index is -0.270. The number of methoxy groups -OCH3 is 1. The molecule has 0 aliphatic heterocycles. The van der Waals surface area contributed by atoms with E-state index in [-0.39, 0.29) is 28.8 Å². The van der Waals surface area contributed by atoms with Crippen LogP contribution in [-0.4, -0.2) is 30.9 Å². The fourth-order valence-electron chi connectivity index (χ4n) is 2.07. The van der Waals surface area contributed by atoms with Crippen LogP contribution in [0.25, 0.3) is 0 Å². The molecule has 27 heavy (non-hydrogen) atoms. The Labute approximate surface area is 171 Å². The van der Waals surface area contributed by atoms with Crippen molar-refractivity contribution in [3.8, 4) is 17.2 Å². The quantitative estimate of drug-likeness (QED) is 0.361. The molecule has 0 heterocycles. The van der Waals surface area contributed by atoms with Gasteiger partial charge in [0.05, 0.1) is 30.0 Å². The standard InChI is InChI=1S/C18H17Cl3N2O4/c1-26-16-8-11(7-14(21)18(16)25)10-22-23-17(24)3-2-6-27-15-5-4-12(19)9-13(15)20/h4-5,7-10,25H,2-3,6H2,1H3,(H,23,24). The van der Waals surface area contributed by atoms with Gasteiger partial charge >= 0.3 is 0 Å². The molecule has 144 valence electrons. The summed E-state index contributed by atoms with van der Waals surface area (Å²) < 4.78 is 10.5. The van der Waals surface area contributed by atoms with E-state index in [0.29, 0.717) is 34.4 Å². The number of ether oxygens (including phenoxy) is 2. The van der Waals surface area contributed by atoms with Gasteiger partial charge in [0, 0.05) is 11.4 Å². The summed E-state index contributed by atoms with van der Waals surface area (Å²) in [5, 5.41) is 14.6. The highest BCUT2D eigenvalue weighted by Crippen LogP contribution is 2.34. The normalized spacial score (nSPS) is 10.8. The van der Waals surface area contributed by atoms with Gasteiger partial charge in [0.15, 0.2) is 11.5 Å². The van der Waals surface area contributed by atoms with Gasteiger partial charge in [-0.2, -0.15) is 5.10 Å². The van der Waals surface area contributed by atoms with Crippen molar-refractivity contribution >= 4 is 46.9 Å². The summed E-state index contributed by atoms with van der Waals surface area (Å²) in [6.45, 7) is 0.323. The van der Waals surface area contributed by atoms with Crippen molar-refractivity contribution in [2.24, 2.45) is 5.10 Å². The minimum absolute atomic E-state index is 0.125. The lowest BCUT2D eigenvalue weighted by Crippen LogP contribution is -2.18. The molecule has 0 aliphatic rings. The fraction of sp³-hybridized carbons (Fsp3) is 0.222. The summed E-state index contributed by atoms with van der Waals surface area (Å²) in [7, 11) is 1.41. The summed E-state index contributed by atoms with van der Waals surface area (Å²) in [5.74, 6) is 0.306. The minimum Gasteiger partial charge on any atom is -0.503 e. The first-order chi connectivity index (χ1) is 12.9. The van der Waals surface area contributed by atoms with Gasteiger partial charge in [0.2, 0.25) is 5.91 Å². The molecule has 6 nitrogen and oxygen atoms in total. The number of nitrogens with zero attached hydrogens (tertiary/aromatic N) is 1. The molecule has 0 aromatic heterocycles. The van der Waals surface area contributed by atoms with E-state index in [4.69, 9.17) is 44.3 Å². The predicted molar refractivity (Wildman–Crippen MR) is 107 cm³/mol. The number of hydrogen-bond acceptors (Lipinski definition) is 5. The molecule has 0 saturated carbocycles. The Morgan fingerprint density at radius 2 is 1.96 bits per heavy atom. The Morgan fingerprint density at radius 3 is 2.67 bits per heavy atom. The Morgan fingerprint density at radius 1 is 1.19 bits per heavy atom. The molecule has 1 amide bonds. The molecule has 9 heteroatoms. The van der Waals surface area contributed by atoms with Gasteiger partial charge < -0.3 is 14.6 Å². The Balaban J connectivity index is 1.76. The zero-order valence-electron chi connectivity index (χ0n) is 14.3. The van der Waals surface area contributed by atoms with Crippen LogP contribution in [0.4, 0.5) is 0 Å². The smallest absolute Gasteiger partial charge is 0.240 e. The molecule has 0 saturated heterocycles. The molecular weight excluding hydrogens is 415 g/mol. The molecular formula is C18H17Cl3N2O4. The average molecular weight is 432 g/mol. The van der Waals surface area contributed by atoms with Gasteiger partial charge in [-0.05, 0) is 42.3 Å². The van der Waals surface area contributed by atoms with Crippen molar-refractivity contribution in [3.05, 3.63) is 51.0 Å². The molecule has 2 aromatic rings. The molecule has 0 aliphatic carbocycles. The summed E-state index contributed by atoms with van der Waals surface area (Å²) in [4.78, 5) is 11.8. The number of rotatable bonds is 8. The number of phenols is 1. The van der Waals surface area contributed by atoms with Crippen molar-refractivity contribution in [2.75, 3.05) is 13.7 Å². The van der Waals surface area contributed by atoms with Gasteiger partial charge in [-0.25, -0.2) is 5.43 Å². The van der Waals surface area contributed by atoms with Gasteiger partial charge in [-0.1, -0.05) is 34.8 Å². The monoisotopic (exact) mass is 430 g/mol. The van der Waals surface area contributed by atoms with Crippen LogP contribution in [-0.2, 0) is 4.79 Å². The largest absolute Gasteiger partial charge is 0.503 e. The Bertz CT molecular complexity index is 844. The number of halogens is 3. The highest BCUT2D eigenvalue weighted by molar-refractivity contribution is 6.35. The van der Waals surface area contributed by atoms with E-state index in [9.17, 15) is 9.90 Å². The highest BCUT2D eigenvalue weighted by Gasteiger charge is 2.08. The summed E-state index contributed by atoms with van der Waals surface area (Å²) >= 11 is 17.7. The van der Waals surface area contributed by atoms with E-state index < -0.39 is 0 Å².